The van der Waals surface area contributed by atoms with Crippen molar-refractivity contribution in [1.29, 1.82) is 0 Å². The highest BCUT2D eigenvalue weighted by Gasteiger charge is 2.15. The molecule has 1 aliphatic heterocycles. The Labute approximate surface area is 225 Å². The van der Waals surface area contributed by atoms with E-state index in [2.05, 4.69) is 53.4 Å². The zero-order chi connectivity index (χ0) is 26.2. The van der Waals surface area contributed by atoms with Gasteiger partial charge in [-0.1, -0.05) is 28.1 Å². The highest BCUT2D eigenvalue weighted by molar-refractivity contribution is 9.10. The molecule has 2 aromatic carbocycles. The Hall–Kier alpha value is -3.40. The Morgan fingerprint density at radius 1 is 1.03 bits per heavy atom. The van der Waals surface area contributed by atoms with E-state index in [9.17, 15) is 9.59 Å². The van der Waals surface area contributed by atoms with Gasteiger partial charge in [-0.05, 0) is 75.0 Å². The van der Waals surface area contributed by atoms with E-state index in [-0.39, 0.29) is 11.8 Å². The van der Waals surface area contributed by atoms with Gasteiger partial charge >= 0.3 is 0 Å². The first-order valence-electron chi connectivity index (χ1n) is 12.2. The molecule has 4 rings (SSSR count). The molecule has 1 aromatic heterocycles. The normalized spacial score (nSPS) is 14.9. The molecule has 0 aliphatic carbocycles. The third kappa shape index (κ3) is 7.79. The van der Waals surface area contributed by atoms with Crippen LogP contribution in [0, 0.1) is 6.92 Å². The molecule has 1 saturated heterocycles. The molecule has 0 spiro atoms. The van der Waals surface area contributed by atoms with Crippen LogP contribution in [0.3, 0.4) is 0 Å². The lowest BCUT2D eigenvalue weighted by Crippen LogP contribution is -2.28. The number of likely N-dealkylation sites (N-methyl/N-ethyl adjacent to an activating group) is 1. The van der Waals surface area contributed by atoms with Crippen LogP contribution in [0.2, 0.25) is 0 Å². The fraction of sp³-hybridized carbons (Fsp3) is 0.286. The highest BCUT2D eigenvalue weighted by atomic mass is 79.9. The number of anilines is 2. The number of benzene rings is 2. The average Bonchev–Trinajstić information content (AvgIpc) is 3.10. The number of hydrogen-bond acceptors (Lipinski definition) is 6. The van der Waals surface area contributed by atoms with E-state index >= 15 is 0 Å². The lowest BCUT2D eigenvalue weighted by Gasteiger charge is -2.21. The van der Waals surface area contributed by atoms with Crippen molar-refractivity contribution in [2.75, 3.05) is 43.9 Å². The van der Waals surface area contributed by atoms with Gasteiger partial charge in [-0.3, -0.25) is 14.5 Å². The highest BCUT2D eigenvalue weighted by Crippen LogP contribution is 2.24. The van der Waals surface area contributed by atoms with Gasteiger partial charge in [-0.25, -0.2) is 9.97 Å². The van der Waals surface area contributed by atoms with Gasteiger partial charge in [-0.15, -0.1) is 0 Å². The minimum absolute atomic E-state index is 0.214. The van der Waals surface area contributed by atoms with Gasteiger partial charge in [0.25, 0.3) is 5.91 Å². The van der Waals surface area contributed by atoms with E-state index in [1.165, 1.54) is 12.4 Å². The lowest BCUT2D eigenvalue weighted by molar-refractivity contribution is -0.111. The minimum Gasteiger partial charge on any atom is -0.322 e. The molecule has 37 heavy (non-hydrogen) atoms. The Morgan fingerprint density at radius 3 is 2.62 bits per heavy atom. The molecule has 1 fully saturated rings. The second kappa shape index (κ2) is 12.7. The van der Waals surface area contributed by atoms with E-state index in [1.54, 1.807) is 24.5 Å². The Morgan fingerprint density at radius 2 is 1.84 bits per heavy atom. The minimum atomic E-state index is -0.286. The van der Waals surface area contributed by atoms with E-state index in [4.69, 9.17) is 0 Å². The van der Waals surface area contributed by atoms with Crippen LogP contribution >= 0.6 is 15.9 Å². The molecule has 0 bridgehead atoms. The summed E-state index contributed by atoms with van der Waals surface area (Å²) in [6, 6.07) is 11.2. The van der Waals surface area contributed by atoms with Crippen LogP contribution in [0.4, 0.5) is 11.4 Å². The van der Waals surface area contributed by atoms with Crippen molar-refractivity contribution in [3.8, 4) is 0 Å². The summed E-state index contributed by atoms with van der Waals surface area (Å²) < 4.78 is 0.921. The zero-order valence-corrected chi connectivity index (χ0v) is 22.7. The van der Waals surface area contributed by atoms with Crippen molar-refractivity contribution in [2.24, 2.45) is 0 Å². The molecule has 2 amide bonds. The number of amides is 2. The first-order valence-corrected chi connectivity index (χ1v) is 13.0. The van der Waals surface area contributed by atoms with Crippen molar-refractivity contribution in [1.82, 2.24) is 19.8 Å². The summed E-state index contributed by atoms with van der Waals surface area (Å²) in [5.41, 5.74) is 4.56. The van der Waals surface area contributed by atoms with Crippen LogP contribution in [0.25, 0.3) is 6.08 Å². The molecule has 2 N–H and O–H groups in total. The maximum atomic E-state index is 13.0. The Bertz CT molecular complexity index is 1280. The summed E-state index contributed by atoms with van der Waals surface area (Å²) in [6.45, 7) is 7.04. The molecular formula is C28H31BrN6O2. The number of nitrogens with one attached hydrogen (secondary N) is 2. The molecule has 1 aliphatic rings. The van der Waals surface area contributed by atoms with Crippen LogP contribution in [-0.4, -0.2) is 64.8 Å². The number of aryl methyl sites for hydroxylation is 1. The molecule has 0 saturated carbocycles. The zero-order valence-electron chi connectivity index (χ0n) is 21.1. The predicted octanol–water partition coefficient (Wildman–Crippen LogP) is 4.59. The monoisotopic (exact) mass is 562 g/mol. The molecule has 0 radical (unpaired) electrons. The molecule has 0 unspecified atom stereocenters. The van der Waals surface area contributed by atoms with Gasteiger partial charge in [0.2, 0.25) is 5.91 Å². The van der Waals surface area contributed by atoms with E-state index in [0.29, 0.717) is 16.9 Å². The van der Waals surface area contributed by atoms with E-state index in [1.807, 2.05) is 37.3 Å². The molecule has 3 aromatic rings. The van der Waals surface area contributed by atoms with Gasteiger partial charge in [-0.2, -0.15) is 0 Å². The average molecular weight is 564 g/mol. The summed E-state index contributed by atoms with van der Waals surface area (Å²) in [5.74, 6) is -0.500. The molecular weight excluding hydrogens is 532 g/mol. The van der Waals surface area contributed by atoms with Crippen LogP contribution in [0.15, 0.2) is 65.7 Å². The van der Waals surface area contributed by atoms with Crippen molar-refractivity contribution in [2.45, 2.75) is 19.9 Å². The SMILES string of the molecule is Cc1ccc(NC(=O)c2ccc(CN3CCCN(C)CC3)c(Br)c2)cc1NC(=O)/C=C/c1cncnc1. The second-order valence-corrected chi connectivity index (χ2v) is 10.1. The number of carbonyl (C=O) groups is 2. The fourth-order valence-corrected chi connectivity index (χ4v) is 4.60. The standard InChI is InChI=1S/C28H31BrN6O2/c1-20-4-8-24(15-26(20)33-27(36)9-5-21-16-30-19-31-17-21)32-28(37)22-6-7-23(25(29)14-22)18-35-11-3-10-34(2)12-13-35/h4-9,14-17,19H,3,10-13,18H2,1-2H3,(H,32,37)(H,33,36)/b9-5+. The molecule has 192 valence electrons. The molecule has 0 atom stereocenters. The first-order chi connectivity index (χ1) is 17.9. The van der Waals surface area contributed by atoms with Crippen molar-refractivity contribution in [3.63, 3.8) is 0 Å². The summed E-state index contributed by atoms with van der Waals surface area (Å²) in [6.07, 6.45) is 8.90. The lowest BCUT2D eigenvalue weighted by atomic mass is 10.1. The van der Waals surface area contributed by atoms with Crippen molar-refractivity contribution < 1.29 is 9.59 Å². The fourth-order valence-electron chi connectivity index (χ4n) is 4.10. The molecule has 2 heterocycles. The van der Waals surface area contributed by atoms with Crippen LogP contribution in [-0.2, 0) is 11.3 Å². The Kier molecular flexibility index (Phi) is 9.16. The van der Waals surface area contributed by atoms with Crippen LogP contribution in [0.1, 0.15) is 33.5 Å². The number of carbonyl (C=O) groups excluding carboxylic acids is 2. The van der Waals surface area contributed by atoms with Gasteiger partial charge in [0.15, 0.2) is 0 Å². The third-order valence-corrected chi connectivity index (χ3v) is 7.02. The van der Waals surface area contributed by atoms with Crippen LogP contribution < -0.4 is 10.6 Å². The first kappa shape index (κ1) is 26.7. The predicted molar refractivity (Wildman–Crippen MR) is 150 cm³/mol. The number of nitrogens with zero attached hydrogens (tertiary/aromatic N) is 4. The van der Waals surface area contributed by atoms with Gasteiger partial charge in [0.1, 0.15) is 6.33 Å². The number of halogens is 1. The van der Waals surface area contributed by atoms with Gasteiger partial charge < -0.3 is 15.5 Å². The Balaban J connectivity index is 1.38. The molecule has 9 heteroatoms. The summed E-state index contributed by atoms with van der Waals surface area (Å²) >= 11 is 3.66. The summed E-state index contributed by atoms with van der Waals surface area (Å²) in [5, 5.41) is 5.80. The van der Waals surface area contributed by atoms with E-state index < -0.39 is 0 Å². The number of rotatable bonds is 7. The largest absolute Gasteiger partial charge is 0.322 e. The second-order valence-electron chi connectivity index (χ2n) is 9.22. The molecule has 8 nitrogen and oxygen atoms in total. The number of hydrogen-bond donors (Lipinski definition) is 2. The van der Waals surface area contributed by atoms with Gasteiger partial charge in [0.05, 0.1) is 0 Å². The quantitative estimate of drug-likeness (QED) is 0.409. The van der Waals surface area contributed by atoms with Crippen molar-refractivity contribution in [3.05, 3.63) is 87.9 Å². The summed E-state index contributed by atoms with van der Waals surface area (Å²) in [4.78, 5) is 38.0. The van der Waals surface area contributed by atoms with Crippen molar-refractivity contribution >= 4 is 45.2 Å². The number of aromatic nitrogens is 2. The van der Waals surface area contributed by atoms with Crippen LogP contribution in [0.5, 0.6) is 0 Å². The van der Waals surface area contributed by atoms with E-state index in [0.717, 1.165) is 60.3 Å². The smallest absolute Gasteiger partial charge is 0.255 e. The summed E-state index contributed by atoms with van der Waals surface area (Å²) in [7, 11) is 2.16. The van der Waals surface area contributed by atoms with Gasteiger partial charge in [0, 0.05) is 65.1 Å². The topological polar surface area (TPSA) is 90.5 Å². The maximum absolute atomic E-state index is 13.0. The third-order valence-electron chi connectivity index (χ3n) is 6.28. The maximum Gasteiger partial charge on any atom is 0.255 e.